The first-order valence-electron chi connectivity index (χ1n) is 5.32. The van der Waals surface area contributed by atoms with Crippen LogP contribution in [0.15, 0.2) is 22.7 Å². The van der Waals surface area contributed by atoms with E-state index in [1.807, 2.05) is 13.8 Å². The van der Waals surface area contributed by atoms with Gasteiger partial charge in [0.1, 0.15) is 11.9 Å². The van der Waals surface area contributed by atoms with Crippen LogP contribution in [0, 0.1) is 11.7 Å². The zero-order valence-electron chi connectivity index (χ0n) is 9.71. The van der Waals surface area contributed by atoms with E-state index in [0.717, 1.165) is 4.47 Å². The largest absolute Gasteiger partial charge is 0.480 e. The SMILES string of the molecule is CC(C)[C@H](NCc1cc(Br)ccc1F)C(=O)O. The number of carboxylic acid groups (broad SMARTS) is 1. The Bertz CT molecular complexity index is 409. The summed E-state index contributed by atoms with van der Waals surface area (Å²) in [6.07, 6.45) is 0. The van der Waals surface area contributed by atoms with Gasteiger partial charge in [0.15, 0.2) is 0 Å². The molecule has 0 amide bonds. The molecule has 0 fully saturated rings. The van der Waals surface area contributed by atoms with Crippen LogP contribution < -0.4 is 5.32 Å². The molecule has 0 aliphatic carbocycles. The van der Waals surface area contributed by atoms with Crippen LogP contribution in [0.3, 0.4) is 0 Å². The van der Waals surface area contributed by atoms with Gasteiger partial charge in [0.25, 0.3) is 0 Å². The minimum absolute atomic E-state index is 0.0530. The summed E-state index contributed by atoms with van der Waals surface area (Å²) < 4.78 is 14.2. The molecule has 0 saturated carbocycles. The molecule has 0 saturated heterocycles. The maximum atomic E-state index is 13.4. The lowest BCUT2D eigenvalue weighted by Crippen LogP contribution is -2.40. The van der Waals surface area contributed by atoms with Gasteiger partial charge in [-0.15, -0.1) is 0 Å². The van der Waals surface area contributed by atoms with Crippen molar-refractivity contribution in [2.45, 2.75) is 26.4 Å². The van der Waals surface area contributed by atoms with Crippen molar-refractivity contribution in [1.29, 1.82) is 0 Å². The van der Waals surface area contributed by atoms with Crippen molar-refractivity contribution in [3.05, 3.63) is 34.1 Å². The monoisotopic (exact) mass is 303 g/mol. The summed E-state index contributed by atoms with van der Waals surface area (Å²) in [5.41, 5.74) is 0.450. The van der Waals surface area contributed by atoms with Crippen LogP contribution in [0.5, 0.6) is 0 Å². The standard InChI is InChI=1S/C12H15BrFNO2/c1-7(2)11(12(16)17)15-6-8-5-9(13)3-4-10(8)14/h3-5,7,11,15H,6H2,1-2H3,(H,16,17)/t11-/m0/s1. The minimum Gasteiger partial charge on any atom is -0.480 e. The fourth-order valence-corrected chi connectivity index (χ4v) is 1.92. The van der Waals surface area contributed by atoms with E-state index < -0.39 is 12.0 Å². The maximum Gasteiger partial charge on any atom is 0.320 e. The van der Waals surface area contributed by atoms with Gasteiger partial charge in [0, 0.05) is 16.6 Å². The van der Waals surface area contributed by atoms with E-state index in [-0.39, 0.29) is 18.3 Å². The van der Waals surface area contributed by atoms with Crippen LogP contribution in [0.25, 0.3) is 0 Å². The molecule has 17 heavy (non-hydrogen) atoms. The lowest BCUT2D eigenvalue weighted by molar-refractivity contribution is -0.140. The highest BCUT2D eigenvalue weighted by Crippen LogP contribution is 2.16. The number of hydrogen-bond donors (Lipinski definition) is 2. The van der Waals surface area contributed by atoms with Crippen molar-refractivity contribution in [2.75, 3.05) is 0 Å². The Labute approximate surface area is 108 Å². The average Bonchev–Trinajstić information content (AvgIpc) is 2.22. The molecule has 1 atom stereocenters. The van der Waals surface area contributed by atoms with E-state index in [4.69, 9.17) is 5.11 Å². The van der Waals surface area contributed by atoms with E-state index in [2.05, 4.69) is 21.2 Å². The van der Waals surface area contributed by atoms with Crippen LogP contribution in [0.1, 0.15) is 19.4 Å². The summed E-state index contributed by atoms with van der Waals surface area (Å²) in [5.74, 6) is -1.31. The first kappa shape index (κ1) is 14.1. The normalized spacial score (nSPS) is 12.8. The molecule has 0 spiro atoms. The highest BCUT2D eigenvalue weighted by atomic mass is 79.9. The Morgan fingerprint density at radius 2 is 2.18 bits per heavy atom. The van der Waals surface area contributed by atoms with Crippen LogP contribution in [0.4, 0.5) is 4.39 Å². The fourth-order valence-electron chi connectivity index (χ4n) is 1.51. The summed E-state index contributed by atoms with van der Waals surface area (Å²) in [6.45, 7) is 3.81. The number of carbonyl (C=O) groups is 1. The number of benzene rings is 1. The Kier molecular flexibility index (Phi) is 5.08. The predicted molar refractivity (Wildman–Crippen MR) is 67.2 cm³/mol. The molecule has 0 aromatic heterocycles. The number of nitrogens with one attached hydrogen (secondary N) is 1. The van der Waals surface area contributed by atoms with Crippen LogP contribution in [-0.2, 0) is 11.3 Å². The van der Waals surface area contributed by atoms with Gasteiger partial charge in [-0.1, -0.05) is 29.8 Å². The summed E-state index contributed by atoms with van der Waals surface area (Å²) in [6, 6.07) is 3.93. The van der Waals surface area contributed by atoms with E-state index >= 15 is 0 Å². The van der Waals surface area contributed by atoms with Crippen molar-refractivity contribution in [3.8, 4) is 0 Å². The summed E-state index contributed by atoms with van der Waals surface area (Å²) in [7, 11) is 0. The quantitative estimate of drug-likeness (QED) is 0.879. The number of carboxylic acids is 1. The molecule has 0 unspecified atom stereocenters. The molecule has 3 nitrogen and oxygen atoms in total. The Balaban J connectivity index is 2.72. The minimum atomic E-state index is -0.921. The molecule has 1 aromatic carbocycles. The molecule has 2 N–H and O–H groups in total. The number of aliphatic carboxylic acids is 1. The Hall–Kier alpha value is -0.940. The van der Waals surface area contributed by atoms with Crippen molar-refractivity contribution < 1.29 is 14.3 Å². The van der Waals surface area contributed by atoms with Gasteiger partial charge in [-0.05, 0) is 24.1 Å². The van der Waals surface area contributed by atoms with Crippen molar-refractivity contribution >= 4 is 21.9 Å². The van der Waals surface area contributed by atoms with Gasteiger partial charge in [0.05, 0.1) is 0 Å². The van der Waals surface area contributed by atoms with E-state index in [1.165, 1.54) is 6.07 Å². The third kappa shape index (κ3) is 4.09. The summed E-state index contributed by atoms with van der Waals surface area (Å²) >= 11 is 3.25. The molecule has 0 aliphatic rings. The van der Waals surface area contributed by atoms with Crippen molar-refractivity contribution in [3.63, 3.8) is 0 Å². The third-order valence-electron chi connectivity index (χ3n) is 2.45. The van der Waals surface area contributed by atoms with Gasteiger partial charge in [-0.2, -0.15) is 0 Å². The van der Waals surface area contributed by atoms with Gasteiger partial charge in [-0.3, -0.25) is 10.1 Å². The second kappa shape index (κ2) is 6.12. The number of rotatable bonds is 5. The van der Waals surface area contributed by atoms with E-state index in [1.54, 1.807) is 12.1 Å². The highest BCUT2D eigenvalue weighted by molar-refractivity contribution is 9.10. The summed E-state index contributed by atoms with van der Waals surface area (Å²) in [4.78, 5) is 10.9. The maximum absolute atomic E-state index is 13.4. The fraction of sp³-hybridized carbons (Fsp3) is 0.417. The number of halogens is 2. The zero-order valence-corrected chi connectivity index (χ0v) is 11.3. The second-order valence-electron chi connectivity index (χ2n) is 4.18. The molecule has 0 bridgehead atoms. The number of hydrogen-bond acceptors (Lipinski definition) is 2. The smallest absolute Gasteiger partial charge is 0.320 e. The van der Waals surface area contributed by atoms with Gasteiger partial charge < -0.3 is 5.11 Å². The van der Waals surface area contributed by atoms with Crippen LogP contribution >= 0.6 is 15.9 Å². The first-order valence-corrected chi connectivity index (χ1v) is 6.11. The molecule has 94 valence electrons. The average molecular weight is 304 g/mol. The van der Waals surface area contributed by atoms with Gasteiger partial charge in [-0.25, -0.2) is 4.39 Å². The topological polar surface area (TPSA) is 49.3 Å². The lowest BCUT2D eigenvalue weighted by atomic mass is 10.0. The van der Waals surface area contributed by atoms with E-state index in [9.17, 15) is 9.18 Å². The Morgan fingerprint density at radius 3 is 2.71 bits per heavy atom. The Morgan fingerprint density at radius 1 is 1.53 bits per heavy atom. The lowest BCUT2D eigenvalue weighted by Gasteiger charge is -2.18. The van der Waals surface area contributed by atoms with E-state index in [0.29, 0.717) is 5.56 Å². The highest BCUT2D eigenvalue weighted by Gasteiger charge is 2.20. The molecule has 0 heterocycles. The van der Waals surface area contributed by atoms with Crippen LogP contribution in [-0.4, -0.2) is 17.1 Å². The summed E-state index contributed by atoms with van der Waals surface area (Å²) in [5, 5.41) is 11.8. The molecular formula is C12H15BrFNO2. The molecular weight excluding hydrogens is 289 g/mol. The van der Waals surface area contributed by atoms with Gasteiger partial charge >= 0.3 is 5.97 Å². The second-order valence-corrected chi connectivity index (χ2v) is 5.09. The van der Waals surface area contributed by atoms with Crippen molar-refractivity contribution in [1.82, 2.24) is 5.32 Å². The molecule has 1 aromatic rings. The zero-order chi connectivity index (χ0) is 13.0. The molecule has 1 rings (SSSR count). The molecule has 0 aliphatic heterocycles. The van der Waals surface area contributed by atoms with Crippen LogP contribution in [0.2, 0.25) is 0 Å². The first-order chi connectivity index (χ1) is 7.91. The van der Waals surface area contributed by atoms with Gasteiger partial charge in [0.2, 0.25) is 0 Å². The molecule has 5 heteroatoms. The third-order valence-corrected chi connectivity index (χ3v) is 2.95. The predicted octanol–water partition coefficient (Wildman–Crippen LogP) is 2.79. The van der Waals surface area contributed by atoms with Crippen molar-refractivity contribution in [2.24, 2.45) is 5.92 Å². The molecule has 0 radical (unpaired) electrons.